The Hall–Kier alpha value is -1.00. The van der Waals surface area contributed by atoms with Crippen LogP contribution in [-0.2, 0) is 0 Å². The van der Waals surface area contributed by atoms with Gasteiger partial charge in [-0.3, -0.25) is 0 Å². The lowest BCUT2D eigenvalue weighted by atomic mass is 9.65. The number of hydrogen-bond donors (Lipinski definition) is 2. The zero-order valence-electron chi connectivity index (χ0n) is 11.9. The fraction of sp³-hybridized carbons (Fsp3) is 0.625. The Kier molecular flexibility index (Phi) is 4.76. The van der Waals surface area contributed by atoms with E-state index in [9.17, 15) is 13.9 Å². The quantitative estimate of drug-likeness (QED) is 0.887. The number of benzene rings is 1. The number of aliphatic hydroxyl groups excluding tert-OH is 1. The maximum Gasteiger partial charge on any atom is 0.164 e. The Morgan fingerprint density at radius 3 is 2.55 bits per heavy atom. The number of halogens is 2. The fourth-order valence-corrected chi connectivity index (χ4v) is 3.31. The van der Waals surface area contributed by atoms with Crippen LogP contribution >= 0.6 is 0 Å². The molecule has 20 heavy (non-hydrogen) atoms. The minimum Gasteiger partial charge on any atom is -0.388 e. The van der Waals surface area contributed by atoms with Crippen molar-refractivity contribution in [2.45, 2.75) is 45.1 Å². The molecule has 0 heterocycles. The molecule has 1 fully saturated rings. The minimum atomic E-state index is -1.04. The molecular weight excluding hydrogens is 260 g/mol. The van der Waals surface area contributed by atoms with Crippen LogP contribution in [0.1, 0.15) is 50.7 Å². The fourth-order valence-electron chi connectivity index (χ4n) is 3.31. The maximum atomic E-state index is 13.9. The van der Waals surface area contributed by atoms with E-state index in [2.05, 4.69) is 6.92 Å². The third-order valence-corrected chi connectivity index (χ3v) is 4.94. The first-order valence-electron chi connectivity index (χ1n) is 7.36. The van der Waals surface area contributed by atoms with Crippen molar-refractivity contribution in [3.63, 3.8) is 0 Å². The van der Waals surface area contributed by atoms with E-state index in [4.69, 9.17) is 5.73 Å². The van der Waals surface area contributed by atoms with Gasteiger partial charge in [-0.1, -0.05) is 25.5 Å². The summed E-state index contributed by atoms with van der Waals surface area (Å²) >= 11 is 0. The van der Waals surface area contributed by atoms with Crippen molar-refractivity contribution in [2.75, 3.05) is 6.54 Å². The van der Waals surface area contributed by atoms with Gasteiger partial charge in [0.15, 0.2) is 11.6 Å². The molecule has 1 aliphatic carbocycles. The highest BCUT2D eigenvalue weighted by atomic mass is 19.2. The van der Waals surface area contributed by atoms with E-state index in [1.165, 1.54) is 12.1 Å². The zero-order chi connectivity index (χ0) is 14.8. The highest BCUT2D eigenvalue weighted by Crippen LogP contribution is 2.48. The molecule has 1 aliphatic rings. The second-order valence-corrected chi connectivity index (χ2v) is 5.96. The molecule has 4 heteroatoms. The molecule has 3 N–H and O–H groups in total. The van der Waals surface area contributed by atoms with Crippen LogP contribution in [0.5, 0.6) is 0 Å². The summed E-state index contributed by atoms with van der Waals surface area (Å²) in [6, 6.07) is 3.94. The van der Waals surface area contributed by atoms with E-state index in [1.54, 1.807) is 0 Å². The van der Waals surface area contributed by atoms with Crippen molar-refractivity contribution < 1.29 is 13.9 Å². The first-order valence-corrected chi connectivity index (χ1v) is 7.36. The summed E-state index contributed by atoms with van der Waals surface area (Å²) in [6.45, 7) is 2.45. The Morgan fingerprint density at radius 2 is 2.00 bits per heavy atom. The highest BCUT2D eigenvalue weighted by Gasteiger charge is 2.41. The van der Waals surface area contributed by atoms with E-state index < -0.39 is 23.2 Å². The van der Waals surface area contributed by atoms with Gasteiger partial charge >= 0.3 is 0 Å². The van der Waals surface area contributed by atoms with Crippen molar-refractivity contribution >= 4 is 0 Å². The third kappa shape index (κ3) is 2.72. The van der Waals surface area contributed by atoms with E-state index in [0.717, 1.165) is 38.2 Å². The molecule has 2 nitrogen and oxygen atoms in total. The van der Waals surface area contributed by atoms with E-state index in [1.807, 2.05) is 0 Å². The Bertz CT molecular complexity index is 456. The summed E-state index contributed by atoms with van der Waals surface area (Å²) in [4.78, 5) is 0. The second kappa shape index (κ2) is 6.19. The van der Waals surface area contributed by atoms with Gasteiger partial charge in [0.05, 0.1) is 6.10 Å². The summed E-state index contributed by atoms with van der Waals surface area (Å²) in [7, 11) is 0. The predicted octanol–water partition coefficient (Wildman–Crippen LogP) is 3.54. The molecule has 0 bridgehead atoms. The first-order chi connectivity index (χ1) is 9.54. The maximum absolute atomic E-state index is 13.9. The van der Waals surface area contributed by atoms with Crippen LogP contribution in [0.4, 0.5) is 8.78 Å². The monoisotopic (exact) mass is 283 g/mol. The molecule has 0 amide bonds. The molecule has 1 aromatic rings. The molecule has 1 saturated carbocycles. The Balaban J connectivity index is 2.25. The Labute approximate surface area is 119 Å². The Morgan fingerprint density at radius 1 is 1.35 bits per heavy atom. The van der Waals surface area contributed by atoms with Crippen LogP contribution in [0.25, 0.3) is 0 Å². The molecule has 0 aromatic heterocycles. The van der Waals surface area contributed by atoms with Gasteiger partial charge in [0.1, 0.15) is 0 Å². The smallest absolute Gasteiger partial charge is 0.164 e. The van der Waals surface area contributed by atoms with E-state index >= 15 is 0 Å². The van der Waals surface area contributed by atoms with Gasteiger partial charge in [-0.05, 0) is 37.7 Å². The lowest BCUT2D eigenvalue weighted by molar-refractivity contribution is -0.0127. The van der Waals surface area contributed by atoms with E-state index in [0.29, 0.717) is 12.5 Å². The van der Waals surface area contributed by atoms with Gasteiger partial charge in [-0.15, -0.1) is 0 Å². The van der Waals surface area contributed by atoms with Crippen LogP contribution in [0.15, 0.2) is 18.2 Å². The van der Waals surface area contributed by atoms with Crippen LogP contribution in [0, 0.1) is 23.0 Å². The predicted molar refractivity (Wildman–Crippen MR) is 75.1 cm³/mol. The van der Waals surface area contributed by atoms with Crippen molar-refractivity contribution in [1.29, 1.82) is 0 Å². The molecule has 1 atom stereocenters. The molecular formula is C16H23F2NO. The molecule has 0 radical (unpaired) electrons. The van der Waals surface area contributed by atoms with Crippen molar-refractivity contribution in [2.24, 2.45) is 17.1 Å². The van der Waals surface area contributed by atoms with Crippen molar-refractivity contribution in [3.05, 3.63) is 35.4 Å². The van der Waals surface area contributed by atoms with Gasteiger partial charge in [-0.25, -0.2) is 8.78 Å². The summed E-state index contributed by atoms with van der Waals surface area (Å²) in [6.07, 6.45) is 3.58. The van der Waals surface area contributed by atoms with E-state index in [-0.39, 0.29) is 5.56 Å². The van der Waals surface area contributed by atoms with Crippen LogP contribution in [0.3, 0.4) is 0 Å². The molecule has 0 aliphatic heterocycles. The van der Waals surface area contributed by atoms with Crippen LogP contribution in [-0.4, -0.2) is 11.7 Å². The highest BCUT2D eigenvalue weighted by molar-refractivity contribution is 5.23. The summed E-state index contributed by atoms with van der Waals surface area (Å²) in [5.74, 6) is -1.22. The van der Waals surface area contributed by atoms with Crippen LogP contribution < -0.4 is 5.73 Å². The summed E-state index contributed by atoms with van der Waals surface area (Å²) < 4.78 is 27.2. The van der Waals surface area contributed by atoms with Gasteiger partial charge in [0.25, 0.3) is 0 Å². The van der Waals surface area contributed by atoms with Gasteiger partial charge in [0.2, 0.25) is 0 Å². The number of nitrogens with two attached hydrogens (primary N) is 1. The zero-order valence-corrected chi connectivity index (χ0v) is 11.9. The van der Waals surface area contributed by atoms with Crippen LogP contribution in [0.2, 0.25) is 0 Å². The lowest BCUT2D eigenvalue weighted by Crippen LogP contribution is -2.40. The normalized spacial score (nSPS) is 28.4. The second-order valence-electron chi connectivity index (χ2n) is 5.96. The average molecular weight is 283 g/mol. The molecule has 112 valence electrons. The molecule has 0 spiro atoms. The van der Waals surface area contributed by atoms with Gasteiger partial charge < -0.3 is 10.8 Å². The standard InChI is InChI=1S/C16H23F2NO/c1-2-11-6-8-16(10-19,9-7-11)15(20)12-4-3-5-13(17)14(12)18/h3-5,11,15,20H,2,6-10,19H2,1H3. The average Bonchev–Trinajstić information content (AvgIpc) is 2.49. The first kappa shape index (κ1) is 15.4. The number of rotatable bonds is 4. The number of aliphatic hydroxyl groups is 1. The molecule has 0 saturated heterocycles. The third-order valence-electron chi connectivity index (χ3n) is 4.94. The van der Waals surface area contributed by atoms with Crippen molar-refractivity contribution in [3.8, 4) is 0 Å². The lowest BCUT2D eigenvalue weighted by Gasteiger charge is -2.43. The van der Waals surface area contributed by atoms with Crippen molar-refractivity contribution in [1.82, 2.24) is 0 Å². The molecule has 1 aromatic carbocycles. The summed E-state index contributed by atoms with van der Waals surface area (Å²) in [5.41, 5.74) is 5.38. The molecule has 2 rings (SSSR count). The largest absolute Gasteiger partial charge is 0.388 e. The van der Waals surface area contributed by atoms with Gasteiger partial charge in [0, 0.05) is 17.5 Å². The topological polar surface area (TPSA) is 46.2 Å². The molecule has 1 unspecified atom stereocenters. The summed E-state index contributed by atoms with van der Waals surface area (Å²) in [5, 5.41) is 10.6. The number of hydrogen-bond acceptors (Lipinski definition) is 2. The van der Waals surface area contributed by atoms with Gasteiger partial charge in [-0.2, -0.15) is 0 Å². The SMILES string of the molecule is CCC1CCC(CN)(C(O)c2cccc(F)c2F)CC1. The minimum absolute atomic E-state index is 0.0328.